The summed E-state index contributed by atoms with van der Waals surface area (Å²) in [5, 5.41) is 1.26. The number of benzene rings is 1. The first kappa shape index (κ1) is 11.7. The maximum atomic E-state index is 4.39. The van der Waals surface area contributed by atoms with Crippen LogP contribution < -0.4 is 0 Å². The smallest absolute Gasteiger partial charge is 0.0702 e. The Bertz CT molecular complexity index is 535. The molecule has 18 heavy (non-hydrogen) atoms. The maximum absolute atomic E-state index is 4.39. The van der Waals surface area contributed by atoms with Gasteiger partial charge in [0.25, 0.3) is 0 Å². The van der Waals surface area contributed by atoms with E-state index in [0.717, 1.165) is 5.52 Å². The van der Waals surface area contributed by atoms with Gasteiger partial charge in [0.2, 0.25) is 0 Å². The molecule has 1 atom stereocenters. The highest BCUT2D eigenvalue weighted by Gasteiger charge is 2.24. The molecule has 0 aliphatic carbocycles. The third-order valence-electron chi connectivity index (χ3n) is 3.89. The van der Waals surface area contributed by atoms with Gasteiger partial charge in [-0.2, -0.15) is 0 Å². The number of pyridine rings is 1. The van der Waals surface area contributed by atoms with E-state index in [0.29, 0.717) is 6.04 Å². The van der Waals surface area contributed by atoms with Crippen molar-refractivity contribution in [1.82, 2.24) is 9.88 Å². The first-order valence-electron chi connectivity index (χ1n) is 6.97. The van der Waals surface area contributed by atoms with Crippen LogP contribution in [0.5, 0.6) is 0 Å². The zero-order chi connectivity index (χ0) is 12.4. The van der Waals surface area contributed by atoms with Crippen molar-refractivity contribution >= 4 is 10.9 Å². The van der Waals surface area contributed by atoms with Crippen molar-refractivity contribution in [3.63, 3.8) is 0 Å². The van der Waals surface area contributed by atoms with Crippen molar-refractivity contribution in [2.24, 2.45) is 0 Å². The van der Waals surface area contributed by atoms with E-state index in [9.17, 15) is 0 Å². The van der Waals surface area contributed by atoms with E-state index < -0.39 is 0 Å². The lowest BCUT2D eigenvalue weighted by Crippen LogP contribution is -2.23. The average molecular weight is 240 g/mol. The zero-order valence-corrected chi connectivity index (χ0v) is 11.0. The monoisotopic (exact) mass is 240 g/mol. The highest BCUT2D eigenvalue weighted by molar-refractivity contribution is 5.79. The van der Waals surface area contributed by atoms with Crippen LogP contribution >= 0.6 is 0 Å². The van der Waals surface area contributed by atoms with Gasteiger partial charge in [-0.15, -0.1) is 0 Å². The molecule has 0 saturated carbocycles. The molecule has 0 amide bonds. The minimum absolute atomic E-state index is 0.620. The summed E-state index contributed by atoms with van der Waals surface area (Å²) < 4.78 is 0. The quantitative estimate of drug-likeness (QED) is 0.811. The average Bonchev–Trinajstić information content (AvgIpc) is 2.87. The highest BCUT2D eigenvalue weighted by Crippen LogP contribution is 2.33. The number of rotatable bonds is 3. The van der Waals surface area contributed by atoms with Crippen LogP contribution in [0.3, 0.4) is 0 Å². The molecule has 0 radical (unpaired) electrons. The lowest BCUT2D eigenvalue weighted by Gasteiger charge is -2.24. The van der Waals surface area contributed by atoms with E-state index in [2.05, 4.69) is 41.1 Å². The number of likely N-dealkylation sites (tertiary alicyclic amines) is 1. The van der Waals surface area contributed by atoms with Crippen LogP contribution in [0, 0.1) is 0 Å². The van der Waals surface area contributed by atoms with Crippen LogP contribution in [0.2, 0.25) is 0 Å². The van der Waals surface area contributed by atoms with E-state index in [4.69, 9.17) is 0 Å². The second-order valence-electron chi connectivity index (χ2n) is 5.15. The summed E-state index contributed by atoms with van der Waals surface area (Å²) in [6, 6.07) is 11.5. The largest absolute Gasteiger partial charge is 0.296 e. The molecule has 1 saturated heterocycles. The molecule has 1 fully saturated rings. The summed E-state index contributed by atoms with van der Waals surface area (Å²) in [6.45, 7) is 4.74. The van der Waals surface area contributed by atoms with Gasteiger partial charge in [-0.05, 0) is 56.1 Å². The Kier molecular flexibility index (Phi) is 3.28. The Balaban J connectivity index is 1.93. The third kappa shape index (κ3) is 2.13. The van der Waals surface area contributed by atoms with Gasteiger partial charge in [0.15, 0.2) is 0 Å². The molecule has 2 aromatic rings. The predicted molar refractivity (Wildman–Crippen MR) is 75.6 cm³/mol. The Labute approximate surface area is 109 Å². The Hall–Kier alpha value is -1.41. The summed E-state index contributed by atoms with van der Waals surface area (Å²) in [7, 11) is 0. The van der Waals surface area contributed by atoms with Crippen LogP contribution in [0.4, 0.5) is 0 Å². The molecule has 94 valence electrons. The van der Waals surface area contributed by atoms with Crippen molar-refractivity contribution in [3.8, 4) is 0 Å². The Morgan fingerprint density at radius 2 is 2.28 bits per heavy atom. The number of hydrogen-bond acceptors (Lipinski definition) is 2. The van der Waals surface area contributed by atoms with Crippen molar-refractivity contribution in [1.29, 1.82) is 0 Å². The lowest BCUT2D eigenvalue weighted by atomic mass is 10.0. The molecular weight excluding hydrogens is 220 g/mol. The number of nitrogens with zero attached hydrogens (tertiary/aromatic N) is 2. The molecule has 1 aliphatic heterocycles. The summed E-state index contributed by atoms with van der Waals surface area (Å²) in [5.41, 5.74) is 2.56. The fraction of sp³-hybridized carbons (Fsp3) is 0.438. The van der Waals surface area contributed by atoms with Gasteiger partial charge in [0, 0.05) is 17.6 Å². The van der Waals surface area contributed by atoms with E-state index in [1.807, 2.05) is 12.3 Å². The van der Waals surface area contributed by atoms with Crippen molar-refractivity contribution in [2.45, 2.75) is 32.2 Å². The van der Waals surface area contributed by atoms with Crippen molar-refractivity contribution < 1.29 is 0 Å². The first-order chi connectivity index (χ1) is 8.88. The SMILES string of the molecule is CCCN1CCCC1c1ccc2ncccc2c1. The molecule has 2 heterocycles. The van der Waals surface area contributed by atoms with Crippen LogP contribution in [-0.4, -0.2) is 23.0 Å². The summed E-state index contributed by atoms with van der Waals surface area (Å²) in [5.74, 6) is 0. The molecule has 2 heteroatoms. The molecule has 0 N–H and O–H groups in total. The molecule has 1 aliphatic rings. The van der Waals surface area contributed by atoms with Crippen LogP contribution in [0.25, 0.3) is 10.9 Å². The predicted octanol–water partition coefficient (Wildman–Crippen LogP) is 3.78. The van der Waals surface area contributed by atoms with Crippen LogP contribution in [-0.2, 0) is 0 Å². The lowest BCUT2D eigenvalue weighted by molar-refractivity contribution is 0.258. The fourth-order valence-corrected chi connectivity index (χ4v) is 3.06. The Morgan fingerprint density at radius 1 is 1.33 bits per heavy atom. The molecule has 1 aromatic heterocycles. The molecule has 1 unspecified atom stereocenters. The van der Waals surface area contributed by atoms with E-state index in [1.54, 1.807) is 0 Å². The minimum Gasteiger partial charge on any atom is -0.296 e. The van der Waals surface area contributed by atoms with Crippen LogP contribution in [0.15, 0.2) is 36.5 Å². The molecular formula is C16H20N2. The maximum Gasteiger partial charge on any atom is 0.0702 e. The van der Waals surface area contributed by atoms with Crippen LogP contribution in [0.1, 0.15) is 37.8 Å². The third-order valence-corrected chi connectivity index (χ3v) is 3.89. The van der Waals surface area contributed by atoms with Gasteiger partial charge in [-0.25, -0.2) is 0 Å². The van der Waals surface area contributed by atoms with Gasteiger partial charge < -0.3 is 0 Å². The van der Waals surface area contributed by atoms with Gasteiger partial charge in [0.05, 0.1) is 5.52 Å². The van der Waals surface area contributed by atoms with Gasteiger partial charge in [0.1, 0.15) is 0 Å². The first-order valence-corrected chi connectivity index (χ1v) is 6.97. The second-order valence-corrected chi connectivity index (χ2v) is 5.15. The van der Waals surface area contributed by atoms with Crippen molar-refractivity contribution in [2.75, 3.05) is 13.1 Å². The standard InChI is InChI=1S/C16H20N2/c1-2-10-18-11-4-6-16(18)14-7-8-15-13(12-14)5-3-9-17-15/h3,5,7-9,12,16H,2,4,6,10-11H2,1H3. The zero-order valence-electron chi connectivity index (χ0n) is 11.0. The summed E-state index contributed by atoms with van der Waals surface area (Å²) in [4.78, 5) is 7.01. The van der Waals surface area contributed by atoms with Crippen molar-refractivity contribution in [3.05, 3.63) is 42.1 Å². The summed E-state index contributed by atoms with van der Waals surface area (Å²) >= 11 is 0. The molecule has 1 aromatic carbocycles. The topological polar surface area (TPSA) is 16.1 Å². The molecule has 3 rings (SSSR count). The number of hydrogen-bond donors (Lipinski definition) is 0. The van der Waals surface area contributed by atoms with Gasteiger partial charge >= 0.3 is 0 Å². The molecule has 0 bridgehead atoms. The molecule has 0 spiro atoms. The highest BCUT2D eigenvalue weighted by atomic mass is 15.2. The summed E-state index contributed by atoms with van der Waals surface area (Å²) in [6.07, 6.45) is 5.73. The van der Waals surface area contributed by atoms with Gasteiger partial charge in [-0.1, -0.05) is 19.1 Å². The van der Waals surface area contributed by atoms with E-state index >= 15 is 0 Å². The van der Waals surface area contributed by atoms with Gasteiger partial charge in [-0.3, -0.25) is 9.88 Å². The number of aromatic nitrogens is 1. The normalized spacial score (nSPS) is 20.6. The van der Waals surface area contributed by atoms with E-state index in [-0.39, 0.29) is 0 Å². The molecule has 2 nitrogen and oxygen atoms in total. The Morgan fingerprint density at radius 3 is 3.17 bits per heavy atom. The number of fused-ring (bicyclic) bond motifs is 1. The fourth-order valence-electron chi connectivity index (χ4n) is 3.06. The van der Waals surface area contributed by atoms with E-state index in [1.165, 1.54) is 43.3 Å². The minimum atomic E-state index is 0.620. The second kappa shape index (κ2) is 5.07.